The van der Waals surface area contributed by atoms with Crippen LogP contribution in [0.2, 0.25) is 5.02 Å². The molecule has 4 rings (SSSR count). The van der Waals surface area contributed by atoms with Gasteiger partial charge in [-0.15, -0.1) is 11.8 Å². The Bertz CT molecular complexity index is 1140. The van der Waals surface area contributed by atoms with Crippen molar-refractivity contribution >= 4 is 35.1 Å². The smallest absolute Gasteiger partial charge is 0.316 e. The van der Waals surface area contributed by atoms with Gasteiger partial charge in [0, 0.05) is 38.6 Å². The number of carbonyl (C=O) groups excluding carboxylic acids is 2. The molecule has 0 N–H and O–H groups in total. The van der Waals surface area contributed by atoms with Crippen LogP contribution in [0, 0.1) is 13.8 Å². The second-order valence-electron chi connectivity index (χ2n) is 6.98. The topological polar surface area (TPSA) is 66.8 Å². The Kier molecular flexibility index (Phi) is 6.25. The lowest BCUT2D eigenvalue weighted by atomic mass is 10.1. The van der Waals surface area contributed by atoms with Crippen LogP contribution in [0.1, 0.15) is 21.7 Å². The highest BCUT2D eigenvalue weighted by atomic mass is 35.5. The first-order valence-corrected chi connectivity index (χ1v) is 10.9. The molecule has 0 unspecified atom stereocenters. The number of carbonyl (C=O) groups is 2. The maximum atomic E-state index is 12.7. The number of halogens is 1. The zero-order chi connectivity index (χ0) is 22.0. The highest BCUT2D eigenvalue weighted by molar-refractivity contribution is 8.00. The predicted octanol–water partition coefficient (Wildman–Crippen LogP) is 4.99. The predicted molar refractivity (Wildman–Crippen MR) is 119 cm³/mol. The van der Waals surface area contributed by atoms with Gasteiger partial charge in [-0.25, -0.2) is 0 Å². The van der Waals surface area contributed by atoms with Crippen LogP contribution in [0.4, 0.5) is 0 Å². The molecule has 31 heavy (non-hydrogen) atoms. The molecule has 0 amide bonds. The van der Waals surface area contributed by atoms with Gasteiger partial charge in [0.25, 0.3) is 0 Å². The van der Waals surface area contributed by atoms with Crippen molar-refractivity contribution < 1.29 is 23.8 Å². The molecule has 3 aromatic rings. The maximum Gasteiger partial charge on any atom is 0.316 e. The number of esters is 1. The van der Waals surface area contributed by atoms with E-state index in [1.165, 1.54) is 11.8 Å². The summed E-state index contributed by atoms with van der Waals surface area (Å²) in [5.74, 6) is 0.796. The van der Waals surface area contributed by atoms with Gasteiger partial charge < -0.3 is 18.8 Å². The lowest BCUT2D eigenvalue weighted by Gasteiger charge is -2.11. The van der Waals surface area contributed by atoms with E-state index in [9.17, 15) is 9.59 Å². The van der Waals surface area contributed by atoms with Crippen LogP contribution in [0.3, 0.4) is 0 Å². The first kappa shape index (κ1) is 21.3. The second kappa shape index (κ2) is 9.08. The summed E-state index contributed by atoms with van der Waals surface area (Å²) in [5.41, 5.74) is 3.06. The monoisotopic (exact) mass is 457 g/mol. The molecule has 0 fully saturated rings. The first-order valence-electron chi connectivity index (χ1n) is 9.58. The largest absolute Gasteiger partial charge is 0.457 e. The molecule has 6 nitrogen and oxygen atoms in total. The molecule has 1 aliphatic rings. The number of aryl methyl sites for hydroxylation is 1. The number of hydrogen-bond donors (Lipinski definition) is 0. The van der Waals surface area contributed by atoms with Crippen molar-refractivity contribution in [3.8, 4) is 17.2 Å². The van der Waals surface area contributed by atoms with Crippen molar-refractivity contribution in [2.45, 2.75) is 18.7 Å². The number of Topliss-reactive ketones (excluding diaryl/α,β-unsaturated/α-hetero) is 1. The minimum atomic E-state index is -0.446. The fraction of sp³-hybridized carbons (Fsp3) is 0.217. The number of fused-ring (bicyclic) bond motifs is 1. The first-order chi connectivity index (χ1) is 14.9. The molecule has 2 heterocycles. The molecule has 0 atom stereocenters. The molecular formula is C23H20ClNO5S. The van der Waals surface area contributed by atoms with E-state index in [2.05, 4.69) is 0 Å². The van der Waals surface area contributed by atoms with Crippen LogP contribution in [0.25, 0.3) is 5.69 Å². The number of thioether (sulfide) groups is 1. The average Bonchev–Trinajstić information content (AvgIpc) is 3.34. The Morgan fingerprint density at radius 1 is 1.06 bits per heavy atom. The third-order valence-electron chi connectivity index (χ3n) is 4.88. The van der Waals surface area contributed by atoms with Crippen LogP contribution in [0.15, 0.2) is 53.4 Å². The van der Waals surface area contributed by atoms with Crippen LogP contribution in [-0.4, -0.2) is 35.5 Å². The molecule has 1 aliphatic heterocycles. The number of benzene rings is 2. The van der Waals surface area contributed by atoms with Crippen molar-refractivity contribution in [2.24, 2.45) is 0 Å². The molecule has 0 spiro atoms. The Balaban J connectivity index is 1.39. The Labute approximate surface area is 189 Å². The molecule has 2 aromatic carbocycles. The summed E-state index contributed by atoms with van der Waals surface area (Å²) in [4.78, 5) is 25.7. The second-order valence-corrected chi connectivity index (χ2v) is 8.47. The van der Waals surface area contributed by atoms with Gasteiger partial charge >= 0.3 is 5.97 Å². The maximum absolute atomic E-state index is 12.7. The lowest BCUT2D eigenvalue weighted by molar-refractivity contribution is -0.139. The van der Waals surface area contributed by atoms with Gasteiger partial charge in [-0.2, -0.15) is 0 Å². The van der Waals surface area contributed by atoms with Crippen molar-refractivity contribution in [3.05, 3.63) is 70.5 Å². The zero-order valence-electron chi connectivity index (χ0n) is 17.0. The van der Waals surface area contributed by atoms with Crippen molar-refractivity contribution in [1.82, 2.24) is 4.57 Å². The van der Waals surface area contributed by atoms with E-state index in [4.69, 9.17) is 25.8 Å². The summed E-state index contributed by atoms with van der Waals surface area (Å²) >= 11 is 7.19. The van der Waals surface area contributed by atoms with Crippen LogP contribution in [-0.2, 0) is 9.53 Å². The van der Waals surface area contributed by atoms with Crippen molar-refractivity contribution in [3.63, 3.8) is 0 Å². The number of aromatic nitrogens is 1. The molecule has 1 aromatic heterocycles. The fourth-order valence-corrected chi connectivity index (χ4v) is 4.23. The minimum Gasteiger partial charge on any atom is -0.457 e. The van der Waals surface area contributed by atoms with Crippen LogP contribution >= 0.6 is 23.4 Å². The minimum absolute atomic E-state index is 0.116. The summed E-state index contributed by atoms with van der Waals surface area (Å²) in [5, 5.41) is 0.635. The summed E-state index contributed by atoms with van der Waals surface area (Å²) in [6.45, 7) is 3.69. The number of ketones is 1. The SMILES string of the molecule is Cc1cc(C(=O)COC(=O)CSc2ccc(Cl)cc2)c(C)n1-c1ccc2c(c1)OCO2. The Hall–Kier alpha value is -2.90. The molecule has 0 saturated heterocycles. The molecule has 0 radical (unpaired) electrons. The van der Waals surface area contributed by atoms with Gasteiger partial charge in [0.05, 0.1) is 5.75 Å². The van der Waals surface area contributed by atoms with Crippen LogP contribution < -0.4 is 9.47 Å². The number of ether oxygens (including phenoxy) is 3. The van der Waals surface area contributed by atoms with Gasteiger partial charge in [0.2, 0.25) is 12.6 Å². The van der Waals surface area contributed by atoms with Gasteiger partial charge in [-0.3, -0.25) is 9.59 Å². The number of nitrogens with zero attached hydrogens (tertiary/aromatic N) is 1. The molecule has 0 bridgehead atoms. The third-order valence-corrected chi connectivity index (χ3v) is 6.12. The molecular weight excluding hydrogens is 438 g/mol. The van der Waals surface area contributed by atoms with E-state index < -0.39 is 5.97 Å². The highest BCUT2D eigenvalue weighted by Gasteiger charge is 2.20. The number of hydrogen-bond acceptors (Lipinski definition) is 6. The zero-order valence-corrected chi connectivity index (χ0v) is 18.6. The van der Waals surface area contributed by atoms with Gasteiger partial charge in [-0.05, 0) is 56.3 Å². The third kappa shape index (κ3) is 4.73. The van der Waals surface area contributed by atoms with Crippen LogP contribution in [0.5, 0.6) is 11.5 Å². The molecule has 0 aliphatic carbocycles. The highest BCUT2D eigenvalue weighted by Crippen LogP contribution is 2.35. The molecule has 8 heteroatoms. The summed E-state index contributed by atoms with van der Waals surface area (Å²) in [6.07, 6.45) is 0. The van der Waals surface area contributed by atoms with Crippen molar-refractivity contribution in [1.29, 1.82) is 0 Å². The van der Waals surface area contributed by atoms with E-state index in [-0.39, 0.29) is 24.9 Å². The average molecular weight is 458 g/mol. The number of rotatable bonds is 7. The normalized spacial score (nSPS) is 12.1. The van der Waals surface area contributed by atoms with E-state index >= 15 is 0 Å². The van der Waals surface area contributed by atoms with Gasteiger partial charge in [0.15, 0.2) is 18.1 Å². The van der Waals surface area contributed by atoms with E-state index in [1.54, 1.807) is 18.2 Å². The van der Waals surface area contributed by atoms with Crippen molar-refractivity contribution in [2.75, 3.05) is 19.2 Å². The summed E-state index contributed by atoms with van der Waals surface area (Å²) in [7, 11) is 0. The Morgan fingerprint density at radius 3 is 2.58 bits per heavy atom. The van der Waals surface area contributed by atoms with E-state index in [0.29, 0.717) is 22.1 Å². The Morgan fingerprint density at radius 2 is 1.81 bits per heavy atom. The lowest BCUT2D eigenvalue weighted by Crippen LogP contribution is -2.16. The fourth-order valence-electron chi connectivity index (χ4n) is 3.41. The standard InChI is InChI=1S/C23H20ClNO5S/c1-14-9-19(15(2)25(14)17-5-8-21-22(10-17)30-13-29-21)20(26)11-28-23(27)12-31-18-6-3-16(24)4-7-18/h3-10H,11-13H2,1-2H3. The van der Waals surface area contributed by atoms with E-state index in [1.807, 2.05) is 48.7 Å². The van der Waals surface area contributed by atoms with E-state index in [0.717, 1.165) is 22.0 Å². The summed E-state index contributed by atoms with van der Waals surface area (Å²) < 4.78 is 18.0. The van der Waals surface area contributed by atoms with Gasteiger partial charge in [0.1, 0.15) is 0 Å². The molecule has 0 saturated carbocycles. The quantitative estimate of drug-likeness (QED) is 0.283. The summed E-state index contributed by atoms with van der Waals surface area (Å²) in [6, 6.07) is 14.6. The molecule has 160 valence electrons. The van der Waals surface area contributed by atoms with Gasteiger partial charge in [-0.1, -0.05) is 11.6 Å².